The van der Waals surface area contributed by atoms with Crippen LogP contribution in [0.4, 0.5) is 0 Å². The van der Waals surface area contributed by atoms with Crippen molar-refractivity contribution in [1.82, 2.24) is 30.0 Å². The molecule has 156 valence electrons. The summed E-state index contributed by atoms with van der Waals surface area (Å²) in [6.07, 6.45) is 2.57. The number of likely N-dealkylation sites (tertiary alicyclic amines) is 1. The molecule has 0 radical (unpaired) electrons. The Bertz CT molecular complexity index is 1200. The van der Waals surface area contributed by atoms with E-state index in [0.717, 1.165) is 12.0 Å². The molecule has 1 saturated heterocycles. The first-order valence-electron chi connectivity index (χ1n) is 9.96. The van der Waals surface area contributed by atoms with E-state index in [-0.39, 0.29) is 11.9 Å². The summed E-state index contributed by atoms with van der Waals surface area (Å²) in [5.41, 5.74) is 1.98. The largest absolute Gasteiger partial charge is 0.497 e. The Morgan fingerprint density at radius 3 is 2.87 bits per heavy atom. The summed E-state index contributed by atoms with van der Waals surface area (Å²) < 4.78 is 12.4. The van der Waals surface area contributed by atoms with Crippen molar-refractivity contribution in [2.45, 2.75) is 12.5 Å². The zero-order valence-corrected chi connectivity index (χ0v) is 16.9. The number of carbonyl (C=O) groups excluding carboxylic acids is 1. The summed E-state index contributed by atoms with van der Waals surface area (Å²) in [6, 6.07) is 16.8. The third-order valence-electron chi connectivity index (χ3n) is 5.33. The van der Waals surface area contributed by atoms with Gasteiger partial charge in [0.05, 0.1) is 19.3 Å². The second kappa shape index (κ2) is 8.02. The molecule has 9 heteroatoms. The molecule has 0 bridgehead atoms. The molecule has 0 unspecified atom stereocenters. The van der Waals surface area contributed by atoms with Crippen LogP contribution >= 0.6 is 0 Å². The normalized spacial score (nSPS) is 15.9. The smallest absolute Gasteiger partial charge is 0.280 e. The highest BCUT2D eigenvalue weighted by Crippen LogP contribution is 2.26. The number of carbonyl (C=O) groups is 1. The molecule has 4 aromatic rings. The van der Waals surface area contributed by atoms with Gasteiger partial charge in [-0.05, 0) is 24.6 Å². The molecule has 2 aromatic heterocycles. The molecule has 2 aromatic carbocycles. The molecule has 3 heterocycles. The average Bonchev–Trinajstić information content (AvgIpc) is 3.59. The number of amides is 1. The van der Waals surface area contributed by atoms with E-state index in [1.54, 1.807) is 30.1 Å². The molecule has 9 nitrogen and oxygen atoms in total. The highest BCUT2D eigenvalue weighted by Gasteiger charge is 2.29. The Morgan fingerprint density at radius 1 is 1.16 bits per heavy atom. The van der Waals surface area contributed by atoms with Crippen molar-refractivity contribution in [3.63, 3.8) is 0 Å². The van der Waals surface area contributed by atoms with Crippen LogP contribution in [-0.4, -0.2) is 56.1 Å². The van der Waals surface area contributed by atoms with Crippen LogP contribution in [0.15, 0.2) is 65.3 Å². The van der Waals surface area contributed by atoms with E-state index < -0.39 is 0 Å². The van der Waals surface area contributed by atoms with Crippen LogP contribution in [-0.2, 0) is 0 Å². The summed E-state index contributed by atoms with van der Waals surface area (Å²) in [7, 11) is 1.59. The summed E-state index contributed by atoms with van der Waals surface area (Å²) in [5, 5.41) is 12.4. The van der Waals surface area contributed by atoms with Gasteiger partial charge in [-0.25, -0.2) is 4.68 Å². The van der Waals surface area contributed by atoms with Gasteiger partial charge in [0, 0.05) is 24.2 Å². The number of aromatic nitrogens is 5. The van der Waals surface area contributed by atoms with Gasteiger partial charge in [0.25, 0.3) is 11.8 Å². The Labute approximate surface area is 178 Å². The van der Waals surface area contributed by atoms with E-state index in [0.29, 0.717) is 41.8 Å². The van der Waals surface area contributed by atoms with E-state index >= 15 is 0 Å². The molecule has 1 aliphatic heterocycles. The first-order chi connectivity index (χ1) is 15.2. The second-order valence-electron chi connectivity index (χ2n) is 7.30. The van der Waals surface area contributed by atoms with Gasteiger partial charge >= 0.3 is 0 Å². The number of methoxy groups -OCH3 is 1. The van der Waals surface area contributed by atoms with E-state index in [1.165, 1.54) is 0 Å². The fourth-order valence-electron chi connectivity index (χ4n) is 3.67. The quantitative estimate of drug-likeness (QED) is 0.493. The highest BCUT2D eigenvalue weighted by atomic mass is 16.5. The highest BCUT2D eigenvalue weighted by molar-refractivity contribution is 5.94. The molecule has 0 saturated carbocycles. The Morgan fingerprint density at radius 2 is 2.03 bits per heavy atom. The van der Waals surface area contributed by atoms with Gasteiger partial charge < -0.3 is 14.2 Å². The molecule has 1 aliphatic rings. The van der Waals surface area contributed by atoms with Crippen molar-refractivity contribution in [2.24, 2.45) is 0 Å². The van der Waals surface area contributed by atoms with Crippen molar-refractivity contribution in [3.8, 4) is 28.7 Å². The van der Waals surface area contributed by atoms with Crippen LogP contribution < -0.4 is 4.74 Å². The van der Waals surface area contributed by atoms with Crippen LogP contribution in [0.3, 0.4) is 0 Å². The minimum atomic E-state index is -0.0221. The number of hydrogen-bond acceptors (Lipinski definition) is 7. The van der Waals surface area contributed by atoms with E-state index in [1.807, 2.05) is 47.4 Å². The first-order valence-corrected chi connectivity index (χ1v) is 9.96. The zero-order chi connectivity index (χ0) is 21.2. The molecule has 0 N–H and O–H groups in total. The van der Waals surface area contributed by atoms with Crippen LogP contribution in [0, 0.1) is 0 Å². The Hall–Kier alpha value is -4.01. The number of benzene rings is 2. The summed E-state index contributed by atoms with van der Waals surface area (Å²) in [5.74, 6) is 1.46. The molecule has 5 rings (SSSR count). The Balaban J connectivity index is 1.29. The standard InChI is InChI=1S/C22H20N6O3/c1-30-18-9-5-8-16(12-18)22(29)27-11-10-17(13-27)28-14-19(24-26-28)21-23-20(25-31-21)15-6-3-2-4-7-15/h2-9,12,14,17H,10-11,13H2,1H3/t17-/m0/s1. The van der Waals surface area contributed by atoms with E-state index in [9.17, 15) is 4.79 Å². The topological polar surface area (TPSA) is 99.2 Å². The number of nitrogens with zero attached hydrogens (tertiary/aromatic N) is 6. The predicted molar refractivity (Wildman–Crippen MR) is 111 cm³/mol. The molecule has 31 heavy (non-hydrogen) atoms. The first kappa shape index (κ1) is 19.0. The van der Waals surface area contributed by atoms with Crippen molar-refractivity contribution < 1.29 is 14.1 Å². The van der Waals surface area contributed by atoms with Crippen molar-refractivity contribution >= 4 is 5.91 Å². The number of ether oxygens (including phenoxy) is 1. The van der Waals surface area contributed by atoms with Crippen LogP contribution in [0.5, 0.6) is 5.75 Å². The second-order valence-corrected chi connectivity index (χ2v) is 7.30. The molecule has 1 amide bonds. The molecule has 0 spiro atoms. The lowest BCUT2D eigenvalue weighted by atomic mass is 10.2. The van der Waals surface area contributed by atoms with E-state index in [4.69, 9.17) is 9.26 Å². The van der Waals surface area contributed by atoms with Gasteiger partial charge in [0.15, 0.2) is 5.69 Å². The monoisotopic (exact) mass is 416 g/mol. The SMILES string of the molecule is COc1cccc(C(=O)N2CC[C@H](n3cc(-c4nc(-c5ccccc5)no4)nn3)C2)c1. The minimum absolute atomic E-state index is 0.0221. The predicted octanol–water partition coefficient (Wildman–Crippen LogP) is 3.09. The van der Waals surface area contributed by atoms with Crippen LogP contribution in [0.1, 0.15) is 22.8 Å². The number of hydrogen-bond donors (Lipinski definition) is 0. The fourth-order valence-corrected chi connectivity index (χ4v) is 3.67. The van der Waals surface area contributed by atoms with Crippen LogP contribution in [0.25, 0.3) is 23.0 Å². The van der Waals surface area contributed by atoms with Gasteiger partial charge in [-0.1, -0.05) is 46.8 Å². The maximum absolute atomic E-state index is 12.8. The fraction of sp³-hybridized carbons (Fsp3) is 0.227. The van der Waals surface area contributed by atoms with E-state index in [2.05, 4.69) is 20.5 Å². The van der Waals surface area contributed by atoms with Crippen molar-refractivity contribution in [2.75, 3.05) is 20.2 Å². The molecular weight excluding hydrogens is 396 g/mol. The summed E-state index contributed by atoms with van der Waals surface area (Å²) >= 11 is 0. The molecule has 0 aliphatic carbocycles. The Kier molecular flexibility index (Phi) is 4.91. The lowest BCUT2D eigenvalue weighted by Crippen LogP contribution is -2.29. The van der Waals surface area contributed by atoms with Gasteiger partial charge in [-0.2, -0.15) is 4.98 Å². The average molecular weight is 416 g/mol. The van der Waals surface area contributed by atoms with Crippen LogP contribution in [0.2, 0.25) is 0 Å². The molecular formula is C22H20N6O3. The third-order valence-corrected chi connectivity index (χ3v) is 5.33. The zero-order valence-electron chi connectivity index (χ0n) is 16.9. The maximum atomic E-state index is 12.8. The summed E-state index contributed by atoms with van der Waals surface area (Å²) in [6.45, 7) is 1.20. The van der Waals surface area contributed by atoms with Gasteiger partial charge in [-0.3, -0.25) is 4.79 Å². The lowest BCUT2D eigenvalue weighted by Gasteiger charge is -2.17. The van der Waals surface area contributed by atoms with Gasteiger partial charge in [0.2, 0.25) is 5.82 Å². The van der Waals surface area contributed by atoms with Crippen molar-refractivity contribution in [1.29, 1.82) is 0 Å². The van der Waals surface area contributed by atoms with Crippen molar-refractivity contribution in [3.05, 3.63) is 66.4 Å². The molecule has 1 fully saturated rings. The number of rotatable bonds is 5. The summed E-state index contributed by atoms with van der Waals surface area (Å²) in [4.78, 5) is 19.1. The maximum Gasteiger partial charge on any atom is 0.280 e. The lowest BCUT2D eigenvalue weighted by molar-refractivity contribution is 0.0786. The van der Waals surface area contributed by atoms with Gasteiger partial charge in [-0.15, -0.1) is 5.10 Å². The minimum Gasteiger partial charge on any atom is -0.497 e. The van der Waals surface area contributed by atoms with Gasteiger partial charge in [0.1, 0.15) is 5.75 Å². The third kappa shape index (κ3) is 3.77. The molecule has 1 atom stereocenters.